The van der Waals surface area contributed by atoms with Gasteiger partial charge in [-0.1, -0.05) is 19.0 Å². The summed E-state index contributed by atoms with van der Waals surface area (Å²) in [5.41, 5.74) is 1.04. The highest BCUT2D eigenvalue weighted by molar-refractivity contribution is 7.09. The summed E-state index contributed by atoms with van der Waals surface area (Å²) in [4.78, 5) is 8.79. The Balaban J connectivity index is 1.78. The summed E-state index contributed by atoms with van der Waals surface area (Å²) in [7, 11) is 0. The van der Waals surface area contributed by atoms with Gasteiger partial charge in [-0.2, -0.15) is 4.98 Å². The third kappa shape index (κ3) is 4.72. The SMILES string of the molecule is Cc1csc(Cc2noc(CCCNC(C)C)n2)n1. The first-order chi connectivity index (χ1) is 9.13. The second-order valence-corrected chi connectivity index (χ2v) is 5.82. The lowest BCUT2D eigenvalue weighted by Gasteiger charge is -2.05. The van der Waals surface area contributed by atoms with Gasteiger partial charge in [-0.05, 0) is 19.9 Å². The lowest BCUT2D eigenvalue weighted by atomic mass is 10.3. The number of aromatic nitrogens is 3. The van der Waals surface area contributed by atoms with E-state index in [2.05, 4.69) is 34.3 Å². The fourth-order valence-corrected chi connectivity index (χ4v) is 2.48. The van der Waals surface area contributed by atoms with E-state index in [9.17, 15) is 0 Å². The lowest BCUT2D eigenvalue weighted by molar-refractivity contribution is 0.369. The Bertz CT molecular complexity index is 506. The van der Waals surface area contributed by atoms with Crippen molar-refractivity contribution in [3.05, 3.63) is 27.8 Å². The van der Waals surface area contributed by atoms with Crippen molar-refractivity contribution >= 4 is 11.3 Å². The average molecular weight is 280 g/mol. The summed E-state index contributed by atoms with van der Waals surface area (Å²) in [6.45, 7) is 7.24. The van der Waals surface area contributed by atoms with Crippen LogP contribution in [0.25, 0.3) is 0 Å². The summed E-state index contributed by atoms with van der Waals surface area (Å²) in [6, 6.07) is 0.520. The third-order valence-electron chi connectivity index (χ3n) is 2.61. The molecule has 0 saturated carbocycles. The van der Waals surface area contributed by atoms with Crippen LogP contribution in [0.4, 0.5) is 0 Å². The Hall–Kier alpha value is -1.27. The molecule has 0 aliphatic rings. The van der Waals surface area contributed by atoms with Gasteiger partial charge in [0.1, 0.15) is 5.01 Å². The summed E-state index contributed by atoms with van der Waals surface area (Å²) in [6.07, 6.45) is 2.49. The van der Waals surface area contributed by atoms with Crippen LogP contribution in [-0.2, 0) is 12.8 Å². The van der Waals surface area contributed by atoms with E-state index in [-0.39, 0.29) is 0 Å². The van der Waals surface area contributed by atoms with Crippen molar-refractivity contribution in [1.82, 2.24) is 20.4 Å². The number of nitrogens with zero attached hydrogens (tertiary/aromatic N) is 3. The van der Waals surface area contributed by atoms with Crippen molar-refractivity contribution < 1.29 is 4.52 Å². The van der Waals surface area contributed by atoms with Crippen LogP contribution in [0.15, 0.2) is 9.90 Å². The number of hydrogen-bond acceptors (Lipinski definition) is 6. The molecule has 2 heterocycles. The predicted molar refractivity (Wildman–Crippen MR) is 75.4 cm³/mol. The minimum absolute atomic E-state index is 0.520. The second-order valence-electron chi connectivity index (χ2n) is 4.88. The van der Waals surface area contributed by atoms with Crippen LogP contribution in [0.2, 0.25) is 0 Å². The predicted octanol–water partition coefficient (Wildman–Crippen LogP) is 2.36. The largest absolute Gasteiger partial charge is 0.339 e. The molecular formula is C13H20N4OS. The van der Waals surface area contributed by atoms with E-state index in [0.717, 1.165) is 35.9 Å². The second kappa shape index (κ2) is 6.77. The standard InChI is InChI=1S/C13H20N4OS/c1-9(2)14-6-4-5-12-16-11(17-18-12)7-13-15-10(3)8-19-13/h8-9,14H,4-7H2,1-3H3. The number of thiazole rings is 1. The summed E-state index contributed by atoms with van der Waals surface area (Å²) >= 11 is 1.64. The van der Waals surface area contributed by atoms with Crippen molar-refractivity contribution in [3.8, 4) is 0 Å². The van der Waals surface area contributed by atoms with E-state index in [1.165, 1.54) is 0 Å². The Morgan fingerprint density at radius 3 is 2.89 bits per heavy atom. The van der Waals surface area contributed by atoms with Crippen LogP contribution < -0.4 is 5.32 Å². The molecule has 6 heteroatoms. The molecule has 2 aromatic rings. The number of aryl methyl sites for hydroxylation is 2. The summed E-state index contributed by atoms with van der Waals surface area (Å²) < 4.78 is 5.24. The molecule has 0 aromatic carbocycles. The van der Waals surface area contributed by atoms with Gasteiger partial charge in [0.15, 0.2) is 5.82 Å². The molecule has 0 aliphatic heterocycles. The molecule has 19 heavy (non-hydrogen) atoms. The summed E-state index contributed by atoms with van der Waals surface area (Å²) in [5.74, 6) is 1.44. The van der Waals surface area contributed by atoms with E-state index < -0.39 is 0 Å². The van der Waals surface area contributed by atoms with E-state index in [1.54, 1.807) is 11.3 Å². The molecule has 0 saturated heterocycles. The lowest BCUT2D eigenvalue weighted by Crippen LogP contribution is -2.23. The van der Waals surface area contributed by atoms with Gasteiger partial charge in [-0.3, -0.25) is 0 Å². The van der Waals surface area contributed by atoms with Crippen molar-refractivity contribution in [2.24, 2.45) is 0 Å². The molecule has 104 valence electrons. The molecule has 2 rings (SSSR count). The van der Waals surface area contributed by atoms with E-state index >= 15 is 0 Å². The van der Waals surface area contributed by atoms with Gasteiger partial charge in [-0.15, -0.1) is 11.3 Å². The molecule has 0 bridgehead atoms. The first kappa shape index (κ1) is 14.1. The minimum Gasteiger partial charge on any atom is -0.339 e. The molecule has 0 aliphatic carbocycles. The van der Waals surface area contributed by atoms with Gasteiger partial charge in [0.05, 0.1) is 6.42 Å². The van der Waals surface area contributed by atoms with Gasteiger partial charge in [0.2, 0.25) is 5.89 Å². The van der Waals surface area contributed by atoms with Gasteiger partial charge in [0, 0.05) is 23.5 Å². The fraction of sp³-hybridized carbons (Fsp3) is 0.615. The van der Waals surface area contributed by atoms with Crippen LogP contribution in [0.5, 0.6) is 0 Å². The van der Waals surface area contributed by atoms with Gasteiger partial charge in [-0.25, -0.2) is 4.98 Å². The first-order valence-electron chi connectivity index (χ1n) is 6.59. The van der Waals surface area contributed by atoms with E-state index in [4.69, 9.17) is 4.52 Å². The van der Waals surface area contributed by atoms with E-state index in [1.807, 2.05) is 12.3 Å². The maximum Gasteiger partial charge on any atom is 0.226 e. The van der Waals surface area contributed by atoms with Crippen molar-refractivity contribution in [1.29, 1.82) is 0 Å². The molecule has 0 amide bonds. The number of rotatable bonds is 7. The van der Waals surface area contributed by atoms with Gasteiger partial charge in [0.25, 0.3) is 0 Å². The topological polar surface area (TPSA) is 63.8 Å². The van der Waals surface area contributed by atoms with Crippen molar-refractivity contribution in [2.75, 3.05) is 6.54 Å². The molecule has 5 nitrogen and oxygen atoms in total. The van der Waals surface area contributed by atoms with Crippen molar-refractivity contribution in [3.63, 3.8) is 0 Å². The molecule has 0 unspecified atom stereocenters. The Labute approximate surface area is 117 Å². The third-order valence-corrected chi connectivity index (χ3v) is 3.57. The zero-order valence-corrected chi connectivity index (χ0v) is 12.5. The number of hydrogen-bond donors (Lipinski definition) is 1. The maximum absolute atomic E-state index is 5.24. The van der Waals surface area contributed by atoms with Crippen LogP contribution >= 0.6 is 11.3 Å². The highest BCUT2D eigenvalue weighted by atomic mass is 32.1. The smallest absolute Gasteiger partial charge is 0.226 e. The van der Waals surface area contributed by atoms with Crippen LogP contribution in [0.1, 0.15) is 42.7 Å². The highest BCUT2D eigenvalue weighted by Gasteiger charge is 2.09. The molecule has 0 atom stereocenters. The zero-order valence-electron chi connectivity index (χ0n) is 11.6. The van der Waals surface area contributed by atoms with E-state index in [0.29, 0.717) is 18.4 Å². The first-order valence-corrected chi connectivity index (χ1v) is 7.47. The maximum atomic E-state index is 5.24. The monoisotopic (exact) mass is 280 g/mol. The van der Waals surface area contributed by atoms with Gasteiger partial charge < -0.3 is 9.84 Å². The van der Waals surface area contributed by atoms with Crippen LogP contribution in [0.3, 0.4) is 0 Å². The quantitative estimate of drug-likeness (QED) is 0.789. The molecule has 0 fully saturated rings. The Kier molecular flexibility index (Phi) is 5.04. The highest BCUT2D eigenvalue weighted by Crippen LogP contribution is 2.12. The molecule has 2 aromatic heterocycles. The van der Waals surface area contributed by atoms with Crippen molar-refractivity contribution in [2.45, 2.75) is 46.1 Å². The van der Waals surface area contributed by atoms with Crippen LogP contribution in [0, 0.1) is 6.92 Å². The Morgan fingerprint density at radius 2 is 2.21 bits per heavy atom. The minimum atomic E-state index is 0.520. The zero-order chi connectivity index (χ0) is 13.7. The molecular weight excluding hydrogens is 260 g/mol. The van der Waals surface area contributed by atoms with Gasteiger partial charge >= 0.3 is 0 Å². The normalized spacial score (nSPS) is 11.4. The molecule has 1 N–H and O–H groups in total. The average Bonchev–Trinajstić information content (AvgIpc) is 2.95. The van der Waals surface area contributed by atoms with Crippen LogP contribution in [-0.4, -0.2) is 27.7 Å². The fourth-order valence-electron chi connectivity index (χ4n) is 1.71. The Morgan fingerprint density at radius 1 is 1.37 bits per heavy atom. The molecule has 0 spiro atoms. The molecule has 0 radical (unpaired) electrons. The summed E-state index contributed by atoms with van der Waals surface area (Å²) in [5, 5.41) is 10.4. The number of nitrogens with one attached hydrogen (secondary N) is 1.